The first-order chi connectivity index (χ1) is 8.20. The summed E-state index contributed by atoms with van der Waals surface area (Å²) in [7, 11) is 0. The van der Waals surface area contributed by atoms with Crippen LogP contribution in [0.2, 0.25) is 0 Å². The van der Waals surface area contributed by atoms with E-state index in [0.29, 0.717) is 17.9 Å². The Morgan fingerprint density at radius 2 is 2.18 bits per heavy atom. The van der Waals surface area contributed by atoms with Gasteiger partial charge in [0.25, 0.3) is 0 Å². The molecule has 0 aromatic carbocycles. The monoisotopic (exact) mass is 237 g/mol. The first kappa shape index (κ1) is 12.6. The molecule has 2 rings (SSSR count). The summed E-state index contributed by atoms with van der Waals surface area (Å²) < 4.78 is 5.33. The Labute approximate surface area is 103 Å². The van der Waals surface area contributed by atoms with Crippen LogP contribution >= 0.6 is 0 Å². The van der Waals surface area contributed by atoms with E-state index in [2.05, 4.69) is 36.2 Å². The number of aromatic nitrogens is 2. The highest BCUT2D eigenvalue weighted by Crippen LogP contribution is 2.38. The lowest BCUT2D eigenvalue weighted by Gasteiger charge is -2.20. The molecule has 0 bridgehead atoms. The van der Waals surface area contributed by atoms with Gasteiger partial charge in [0.2, 0.25) is 5.89 Å². The SMILES string of the molecule is CCCNC(Cc1nc(C2CC2)no1)C(C)C. The van der Waals surface area contributed by atoms with E-state index >= 15 is 0 Å². The quantitative estimate of drug-likeness (QED) is 0.791. The Morgan fingerprint density at radius 3 is 2.76 bits per heavy atom. The van der Waals surface area contributed by atoms with Gasteiger partial charge in [-0.1, -0.05) is 25.9 Å². The van der Waals surface area contributed by atoms with Crippen molar-refractivity contribution in [1.29, 1.82) is 0 Å². The molecule has 0 radical (unpaired) electrons. The lowest BCUT2D eigenvalue weighted by molar-refractivity contribution is 0.324. The molecule has 4 heteroatoms. The van der Waals surface area contributed by atoms with Gasteiger partial charge in [0.15, 0.2) is 5.82 Å². The molecule has 0 aliphatic heterocycles. The van der Waals surface area contributed by atoms with Crippen LogP contribution in [0.4, 0.5) is 0 Å². The van der Waals surface area contributed by atoms with E-state index in [1.54, 1.807) is 0 Å². The molecule has 1 aromatic rings. The maximum atomic E-state index is 5.33. The topological polar surface area (TPSA) is 51.0 Å². The molecule has 0 amide bonds. The van der Waals surface area contributed by atoms with Gasteiger partial charge in [0.1, 0.15) is 0 Å². The molecular weight excluding hydrogens is 214 g/mol. The van der Waals surface area contributed by atoms with E-state index in [9.17, 15) is 0 Å². The molecule has 1 unspecified atom stereocenters. The number of hydrogen-bond donors (Lipinski definition) is 1. The molecule has 0 saturated heterocycles. The molecule has 17 heavy (non-hydrogen) atoms. The van der Waals surface area contributed by atoms with Crippen molar-refractivity contribution < 1.29 is 4.52 Å². The lowest BCUT2D eigenvalue weighted by atomic mass is 10.0. The van der Waals surface area contributed by atoms with E-state index in [1.165, 1.54) is 12.8 Å². The smallest absolute Gasteiger partial charge is 0.228 e. The zero-order valence-electron chi connectivity index (χ0n) is 11.1. The molecule has 1 heterocycles. The van der Waals surface area contributed by atoms with Crippen LogP contribution in [-0.4, -0.2) is 22.7 Å². The molecule has 1 saturated carbocycles. The second-order valence-electron chi connectivity index (χ2n) is 5.33. The van der Waals surface area contributed by atoms with Crippen molar-refractivity contribution in [3.63, 3.8) is 0 Å². The molecule has 1 aromatic heterocycles. The standard InChI is InChI=1S/C13H23N3O/c1-4-7-14-11(9(2)3)8-12-15-13(16-17-12)10-5-6-10/h9-11,14H,4-8H2,1-3H3. The summed E-state index contributed by atoms with van der Waals surface area (Å²) >= 11 is 0. The Bertz CT molecular complexity index is 344. The number of hydrogen-bond acceptors (Lipinski definition) is 4. The second-order valence-corrected chi connectivity index (χ2v) is 5.33. The maximum absolute atomic E-state index is 5.33. The summed E-state index contributed by atoms with van der Waals surface area (Å²) in [5.74, 6) is 2.86. The first-order valence-corrected chi connectivity index (χ1v) is 6.76. The highest BCUT2D eigenvalue weighted by molar-refractivity contribution is 5.03. The van der Waals surface area contributed by atoms with Crippen molar-refractivity contribution in [2.45, 2.75) is 58.4 Å². The summed E-state index contributed by atoms with van der Waals surface area (Å²) in [6, 6.07) is 0.433. The summed E-state index contributed by atoms with van der Waals surface area (Å²) in [6.45, 7) is 7.69. The largest absolute Gasteiger partial charge is 0.339 e. The van der Waals surface area contributed by atoms with Gasteiger partial charge in [0.05, 0.1) is 0 Å². The molecule has 1 aliphatic rings. The second kappa shape index (κ2) is 5.63. The first-order valence-electron chi connectivity index (χ1n) is 6.76. The van der Waals surface area contributed by atoms with Crippen LogP contribution < -0.4 is 5.32 Å². The van der Waals surface area contributed by atoms with Gasteiger partial charge in [-0.15, -0.1) is 0 Å². The zero-order valence-corrected chi connectivity index (χ0v) is 11.1. The van der Waals surface area contributed by atoms with Crippen molar-refractivity contribution >= 4 is 0 Å². The number of nitrogens with one attached hydrogen (secondary N) is 1. The summed E-state index contributed by atoms with van der Waals surface area (Å²) in [4.78, 5) is 4.48. The Morgan fingerprint density at radius 1 is 1.41 bits per heavy atom. The van der Waals surface area contributed by atoms with Gasteiger partial charge in [-0.3, -0.25) is 0 Å². The van der Waals surface area contributed by atoms with Crippen LogP contribution in [0.3, 0.4) is 0 Å². The lowest BCUT2D eigenvalue weighted by Crippen LogP contribution is -2.36. The highest BCUT2D eigenvalue weighted by Gasteiger charge is 2.29. The third-order valence-electron chi connectivity index (χ3n) is 3.28. The van der Waals surface area contributed by atoms with Crippen LogP contribution in [-0.2, 0) is 6.42 Å². The normalized spacial score (nSPS) is 17.6. The molecular formula is C13H23N3O. The summed E-state index contributed by atoms with van der Waals surface area (Å²) in [5, 5.41) is 7.60. The van der Waals surface area contributed by atoms with Crippen molar-refractivity contribution in [3.05, 3.63) is 11.7 Å². The van der Waals surface area contributed by atoms with Gasteiger partial charge in [-0.2, -0.15) is 4.98 Å². The Kier molecular flexibility index (Phi) is 4.15. The van der Waals surface area contributed by atoms with E-state index < -0.39 is 0 Å². The molecule has 1 aliphatic carbocycles. The van der Waals surface area contributed by atoms with Crippen molar-refractivity contribution in [1.82, 2.24) is 15.5 Å². The molecule has 1 fully saturated rings. The third-order valence-corrected chi connectivity index (χ3v) is 3.28. The summed E-state index contributed by atoms with van der Waals surface area (Å²) in [5.41, 5.74) is 0. The van der Waals surface area contributed by atoms with Crippen molar-refractivity contribution in [3.8, 4) is 0 Å². The predicted molar refractivity (Wildman–Crippen MR) is 66.9 cm³/mol. The highest BCUT2D eigenvalue weighted by atomic mass is 16.5. The maximum Gasteiger partial charge on any atom is 0.228 e. The van der Waals surface area contributed by atoms with E-state index in [1.807, 2.05) is 0 Å². The molecule has 1 N–H and O–H groups in total. The molecule has 96 valence electrons. The van der Waals surface area contributed by atoms with Crippen LogP contribution in [0.5, 0.6) is 0 Å². The fourth-order valence-corrected chi connectivity index (χ4v) is 1.92. The van der Waals surface area contributed by atoms with Gasteiger partial charge in [-0.25, -0.2) is 0 Å². The zero-order chi connectivity index (χ0) is 12.3. The fraction of sp³-hybridized carbons (Fsp3) is 0.846. The average Bonchev–Trinajstić information content (AvgIpc) is 3.05. The average molecular weight is 237 g/mol. The summed E-state index contributed by atoms with van der Waals surface area (Å²) in [6.07, 6.45) is 4.44. The third kappa shape index (κ3) is 3.53. The number of rotatable bonds is 7. The minimum absolute atomic E-state index is 0.433. The Balaban J connectivity index is 1.90. The Hall–Kier alpha value is -0.900. The van der Waals surface area contributed by atoms with Gasteiger partial charge in [0, 0.05) is 18.4 Å². The van der Waals surface area contributed by atoms with Gasteiger partial charge in [-0.05, 0) is 31.7 Å². The predicted octanol–water partition coefficient (Wildman–Crippen LogP) is 2.51. The van der Waals surface area contributed by atoms with E-state index in [4.69, 9.17) is 4.52 Å². The minimum atomic E-state index is 0.433. The van der Waals surface area contributed by atoms with Crippen LogP contribution in [0, 0.1) is 5.92 Å². The minimum Gasteiger partial charge on any atom is -0.339 e. The van der Waals surface area contributed by atoms with Crippen LogP contribution in [0.1, 0.15) is 57.7 Å². The van der Waals surface area contributed by atoms with Crippen molar-refractivity contribution in [2.24, 2.45) is 5.92 Å². The van der Waals surface area contributed by atoms with Crippen LogP contribution in [0.25, 0.3) is 0 Å². The molecule has 1 atom stereocenters. The van der Waals surface area contributed by atoms with E-state index in [0.717, 1.165) is 31.1 Å². The molecule has 0 spiro atoms. The van der Waals surface area contributed by atoms with Crippen molar-refractivity contribution in [2.75, 3.05) is 6.54 Å². The molecule has 4 nitrogen and oxygen atoms in total. The van der Waals surface area contributed by atoms with Crippen LogP contribution in [0.15, 0.2) is 4.52 Å². The van der Waals surface area contributed by atoms with Gasteiger partial charge < -0.3 is 9.84 Å². The van der Waals surface area contributed by atoms with Gasteiger partial charge >= 0.3 is 0 Å². The number of nitrogens with zero attached hydrogens (tertiary/aromatic N) is 2. The fourth-order valence-electron chi connectivity index (χ4n) is 1.92. The van der Waals surface area contributed by atoms with E-state index in [-0.39, 0.29) is 0 Å².